The highest BCUT2D eigenvalue weighted by atomic mass is 16.4. The Kier molecular flexibility index (Phi) is 5.43. The molecule has 4 aliphatic carbocycles. The van der Waals surface area contributed by atoms with Gasteiger partial charge in [-0.3, -0.25) is 9.59 Å². The largest absolute Gasteiger partial charge is 0.465 e. The molecular formula is C30H37NO4. The number of amides is 1. The normalized spacial score (nSPS) is 39.5. The van der Waals surface area contributed by atoms with Crippen LogP contribution in [0.3, 0.4) is 0 Å². The maximum absolute atomic E-state index is 13.8. The molecule has 3 fully saturated rings. The molecule has 1 amide bonds. The third kappa shape index (κ3) is 3.09. The molecule has 3 saturated carbocycles. The smallest absolute Gasteiger partial charge is 0.405 e. The van der Waals surface area contributed by atoms with E-state index in [0.717, 1.165) is 37.7 Å². The Morgan fingerprint density at radius 2 is 1.74 bits per heavy atom. The van der Waals surface area contributed by atoms with Gasteiger partial charge < -0.3 is 10.4 Å². The predicted octanol–water partition coefficient (Wildman–Crippen LogP) is 6.05. The first-order chi connectivity index (χ1) is 16.5. The number of nitrogens with one attached hydrogen (secondary N) is 1. The molecule has 7 atom stereocenters. The highest BCUT2D eigenvalue weighted by Gasteiger charge is 2.71. The molecule has 186 valence electrons. The molecule has 0 saturated heterocycles. The molecule has 0 radical (unpaired) electrons. The molecule has 0 aliphatic heterocycles. The number of carbonyl (C=O) groups is 3. The van der Waals surface area contributed by atoms with Crippen molar-refractivity contribution < 1.29 is 19.5 Å². The van der Waals surface area contributed by atoms with Crippen LogP contribution < -0.4 is 5.32 Å². The number of hydrogen-bond donors (Lipinski definition) is 2. The van der Waals surface area contributed by atoms with Crippen LogP contribution in [0.1, 0.15) is 71.8 Å². The summed E-state index contributed by atoms with van der Waals surface area (Å²) in [6, 6.07) is 9.66. The van der Waals surface area contributed by atoms with Crippen LogP contribution in [0.15, 0.2) is 54.1 Å². The van der Waals surface area contributed by atoms with Crippen LogP contribution in [-0.4, -0.2) is 22.8 Å². The fourth-order valence-corrected chi connectivity index (χ4v) is 9.40. The number of rotatable bonds is 4. The second kappa shape index (κ2) is 7.91. The zero-order chi connectivity index (χ0) is 25.2. The minimum Gasteiger partial charge on any atom is -0.465 e. The number of Topliss-reactive ketones (excluding diaryl/α,β-unsaturated/α-hetero) is 1. The van der Waals surface area contributed by atoms with Crippen molar-refractivity contribution >= 4 is 17.7 Å². The first kappa shape index (κ1) is 24.0. The van der Waals surface area contributed by atoms with Crippen LogP contribution in [0, 0.1) is 34.0 Å². The lowest BCUT2D eigenvalue weighted by Gasteiger charge is -2.61. The van der Waals surface area contributed by atoms with E-state index in [2.05, 4.69) is 25.2 Å². The molecule has 5 nitrogen and oxygen atoms in total. The summed E-state index contributed by atoms with van der Waals surface area (Å²) >= 11 is 0. The predicted molar refractivity (Wildman–Crippen MR) is 135 cm³/mol. The monoisotopic (exact) mass is 475 g/mol. The second-order valence-electron chi connectivity index (χ2n) is 12.0. The fraction of sp³-hybridized carbons (Fsp3) is 0.567. The zero-order valence-electron chi connectivity index (χ0n) is 21.3. The summed E-state index contributed by atoms with van der Waals surface area (Å²) in [5.74, 6) is 1.37. The summed E-state index contributed by atoms with van der Waals surface area (Å²) in [7, 11) is 0. The Morgan fingerprint density at radius 3 is 2.40 bits per heavy atom. The second-order valence-corrected chi connectivity index (χ2v) is 12.0. The Bertz CT molecular complexity index is 1140. The van der Waals surface area contributed by atoms with Crippen molar-refractivity contribution in [2.24, 2.45) is 34.0 Å². The van der Waals surface area contributed by atoms with Gasteiger partial charge in [0.2, 0.25) is 0 Å². The summed E-state index contributed by atoms with van der Waals surface area (Å²) in [6.07, 6.45) is 9.98. The van der Waals surface area contributed by atoms with E-state index in [9.17, 15) is 19.5 Å². The number of carboxylic acid groups (broad SMARTS) is 1. The third-order valence-corrected chi connectivity index (χ3v) is 10.9. The molecule has 2 N–H and O–H groups in total. The van der Waals surface area contributed by atoms with E-state index in [1.807, 2.05) is 43.3 Å². The topological polar surface area (TPSA) is 83.5 Å². The van der Waals surface area contributed by atoms with Crippen molar-refractivity contribution in [3.63, 3.8) is 0 Å². The van der Waals surface area contributed by atoms with Crippen LogP contribution in [0.2, 0.25) is 0 Å². The van der Waals surface area contributed by atoms with Gasteiger partial charge in [-0.15, -0.1) is 0 Å². The van der Waals surface area contributed by atoms with E-state index < -0.39 is 17.0 Å². The van der Waals surface area contributed by atoms with Gasteiger partial charge in [0, 0.05) is 5.41 Å². The molecule has 5 heteroatoms. The average Bonchev–Trinajstić information content (AvgIpc) is 3.14. The van der Waals surface area contributed by atoms with Gasteiger partial charge in [-0.2, -0.15) is 0 Å². The van der Waals surface area contributed by atoms with Gasteiger partial charge in [0.05, 0.1) is 11.0 Å². The maximum atomic E-state index is 13.8. The van der Waals surface area contributed by atoms with Crippen LogP contribution >= 0.6 is 0 Å². The van der Waals surface area contributed by atoms with Gasteiger partial charge in [-0.1, -0.05) is 55.8 Å². The molecule has 4 aliphatic rings. The third-order valence-electron chi connectivity index (χ3n) is 10.9. The summed E-state index contributed by atoms with van der Waals surface area (Å²) in [5, 5.41) is 12.8. The SMILES string of the molecule is CC(=O)[C@]1([C@](C)(NC(=O)O)c2ccccc2)CCC2C3CCC4=CC(=O)C=C[C@]4(C)C3CC[C@@]21C. The van der Waals surface area contributed by atoms with Gasteiger partial charge >= 0.3 is 6.09 Å². The number of fused-ring (bicyclic) bond motifs is 5. The summed E-state index contributed by atoms with van der Waals surface area (Å²) in [5.41, 5.74) is -0.225. The number of hydrogen-bond acceptors (Lipinski definition) is 3. The number of allylic oxidation sites excluding steroid dienone is 4. The lowest BCUT2D eigenvalue weighted by atomic mass is 9.43. The summed E-state index contributed by atoms with van der Waals surface area (Å²) in [4.78, 5) is 38.1. The first-order valence-electron chi connectivity index (χ1n) is 13.0. The molecule has 35 heavy (non-hydrogen) atoms. The van der Waals surface area contributed by atoms with E-state index in [-0.39, 0.29) is 22.4 Å². The Hall–Kier alpha value is -2.69. The fourth-order valence-electron chi connectivity index (χ4n) is 9.40. The van der Waals surface area contributed by atoms with Gasteiger partial charge in [0.25, 0.3) is 0 Å². The Morgan fingerprint density at radius 1 is 1.06 bits per heavy atom. The van der Waals surface area contributed by atoms with E-state index in [1.165, 1.54) is 5.57 Å². The summed E-state index contributed by atoms with van der Waals surface area (Å²) in [6.45, 7) is 8.15. The quantitative estimate of drug-likeness (QED) is 0.555. The van der Waals surface area contributed by atoms with Crippen LogP contribution in [-0.2, 0) is 15.1 Å². The van der Waals surface area contributed by atoms with Crippen molar-refractivity contribution in [2.75, 3.05) is 0 Å². The number of benzene rings is 1. The van der Waals surface area contributed by atoms with Crippen molar-refractivity contribution in [1.82, 2.24) is 5.32 Å². The van der Waals surface area contributed by atoms with E-state index in [4.69, 9.17) is 0 Å². The molecule has 0 bridgehead atoms. The van der Waals surface area contributed by atoms with E-state index >= 15 is 0 Å². The van der Waals surface area contributed by atoms with Gasteiger partial charge in [-0.25, -0.2) is 4.79 Å². The van der Waals surface area contributed by atoms with E-state index in [1.54, 1.807) is 13.0 Å². The lowest BCUT2D eigenvalue weighted by molar-refractivity contribution is -0.152. The van der Waals surface area contributed by atoms with Gasteiger partial charge in [0.1, 0.15) is 5.78 Å². The zero-order valence-corrected chi connectivity index (χ0v) is 21.3. The van der Waals surface area contributed by atoms with Crippen LogP contribution in [0.5, 0.6) is 0 Å². The van der Waals surface area contributed by atoms with Crippen molar-refractivity contribution in [2.45, 2.75) is 71.8 Å². The molecule has 3 unspecified atom stereocenters. The van der Waals surface area contributed by atoms with E-state index in [0.29, 0.717) is 24.2 Å². The van der Waals surface area contributed by atoms with Crippen LogP contribution in [0.4, 0.5) is 4.79 Å². The molecule has 0 heterocycles. The Labute approximate surface area is 208 Å². The lowest BCUT2D eigenvalue weighted by Crippen LogP contribution is -2.65. The highest BCUT2D eigenvalue weighted by molar-refractivity contribution is 6.01. The highest BCUT2D eigenvalue weighted by Crippen LogP contribution is 2.73. The maximum Gasteiger partial charge on any atom is 0.405 e. The summed E-state index contributed by atoms with van der Waals surface area (Å²) < 4.78 is 0. The molecule has 0 aromatic heterocycles. The van der Waals surface area contributed by atoms with Crippen LogP contribution in [0.25, 0.3) is 0 Å². The van der Waals surface area contributed by atoms with Crippen molar-refractivity contribution in [3.8, 4) is 0 Å². The van der Waals surface area contributed by atoms with Crippen molar-refractivity contribution in [1.29, 1.82) is 0 Å². The first-order valence-corrected chi connectivity index (χ1v) is 13.0. The molecule has 0 spiro atoms. The molecule has 1 aromatic carbocycles. The molecule has 1 aromatic rings. The molecular weight excluding hydrogens is 438 g/mol. The minimum absolute atomic E-state index is 0.0758. The van der Waals surface area contributed by atoms with Gasteiger partial charge in [-0.05, 0) is 93.3 Å². The Balaban J connectivity index is 1.62. The van der Waals surface area contributed by atoms with Crippen molar-refractivity contribution in [3.05, 3.63) is 59.7 Å². The molecule has 5 rings (SSSR count). The average molecular weight is 476 g/mol. The number of ketones is 2. The number of carbonyl (C=O) groups excluding carboxylic acids is 2. The van der Waals surface area contributed by atoms with Gasteiger partial charge in [0.15, 0.2) is 5.78 Å². The standard InChI is InChI=1S/C30H37NO4/c1-19(32)30(29(4,31-26(34)35)20-8-6-5-7-9-20)17-14-25-23-11-10-21-18-22(33)12-15-27(21,2)24(23)13-16-28(25,30)3/h5-9,12,15,18,23-25,31H,10-11,13-14,16-17H2,1-4H3,(H,34,35)/t23?,24?,25?,27-,28-,29+,30+/m0/s1. The minimum atomic E-state index is -1.10.